The molecule has 2 aliphatic carbocycles. The fraction of sp³-hybridized carbons (Fsp3) is 0.630. The van der Waals surface area contributed by atoms with E-state index in [2.05, 4.69) is 11.7 Å². The summed E-state index contributed by atoms with van der Waals surface area (Å²) in [6.45, 7) is -0.897. The molecule has 4 rings (SSSR count). The predicted octanol–water partition coefficient (Wildman–Crippen LogP) is 8.99. The van der Waals surface area contributed by atoms with E-state index in [0.717, 1.165) is 36.3 Å². The summed E-state index contributed by atoms with van der Waals surface area (Å²) in [5, 5.41) is 0.126. The van der Waals surface area contributed by atoms with Crippen molar-refractivity contribution in [1.29, 1.82) is 0 Å². The van der Waals surface area contributed by atoms with Gasteiger partial charge in [0.1, 0.15) is 5.82 Å². The first-order chi connectivity index (χ1) is 15.5. The number of hydrogen-bond acceptors (Lipinski definition) is 1. The molecule has 2 saturated carbocycles. The maximum atomic E-state index is 14.9. The Morgan fingerprint density at radius 3 is 2.50 bits per heavy atom. The van der Waals surface area contributed by atoms with Crippen LogP contribution in [-0.4, -0.2) is 6.61 Å². The van der Waals surface area contributed by atoms with Gasteiger partial charge in [-0.3, -0.25) is 0 Å². The van der Waals surface area contributed by atoms with Crippen LogP contribution in [0.1, 0.15) is 89.0 Å². The van der Waals surface area contributed by atoms with Crippen LogP contribution >= 0.6 is 0 Å². The Kier molecular flexibility index (Phi) is 7.63. The zero-order valence-electron chi connectivity index (χ0n) is 18.9. The Balaban J connectivity index is 1.43. The van der Waals surface area contributed by atoms with Gasteiger partial charge in [0.05, 0.1) is 5.39 Å². The summed E-state index contributed by atoms with van der Waals surface area (Å²) in [6, 6.07) is 5.86. The third kappa shape index (κ3) is 5.23. The van der Waals surface area contributed by atoms with E-state index in [0.29, 0.717) is 11.3 Å². The maximum absolute atomic E-state index is 14.9. The highest BCUT2D eigenvalue weighted by Gasteiger charge is 2.36. The molecule has 2 aromatic rings. The monoisotopic (exact) mass is 450 g/mol. The molecule has 2 aliphatic rings. The van der Waals surface area contributed by atoms with Crippen molar-refractivity contribution in [2.24, 2.45) is 17.8 Å². The van der Waals surface area contributed by atoms with Gasteiger partial charge in [0.25, 0.3) is 0 Å². The normalized spacial score (nSPS) is 25.8. The van der Waals surface area contributed by atoms with E-state index >= 15 is 0 Å². The molecule has 0 spiro atoms. The molecule has 4 atom stereocenters. The quantitative estimate of drug-likeness (QED) is 0.288. The minimum atomic E-state index is -3.15. The Hall–Kier alpha value is -1.78. The topological polar surface area (TPSA) is 9.23 Å². The van der Waals surface area contributed by atoms with Crippen LogP contribution in [0.15, 0.2) is 24.3 Å². The number of alkyl halides is 2. The Bertz CT molecular complexity index is 912. The van der Waals surface area contributed by atoms with Crippen molar-refractivity contribution < 1.29 is 22.3 Å². The molecule has 0 bridgehead atoms. The van der Waals surface area contributed by atoms with Crippen LogP contribution in [0.3, 0.4) is 0 Å². The molecule has 0 aromatic heterocycles. The molecular formula is C27H34F4O. The molecular weight excluding hydrogens is 416 g/mol. The van der Waals surface area contributed by atoms with Gasteiger partial charge in [-0.15, -0.1) is 0 Å². The first-order valence-corrected chi connectivity index (χ1v) is 12.3. The maximum Gasteiger partial charge on any atom is 0.387 e. The van der Waals surface area contributed by atoms with E-state index in [1.54, 1.807) is 0 Å². The minimum absolute atomic E-state index is 0.274. The Morgan fingerprint density at radius 2 is 1.72 bits per heavy atom. The smallest absolute Gasteiger partial charge is 0.387 e. The second-order valence-electron chi connectivity index (χ2n) is 9.92. The number of unbranched alkanes of at least 4 members (excludes halogenated alkanes) is 3. The fourth-order valence-corrected chi connectivity index (χ4v) is 6.21. The van der Waals surface area contributed by atoms with Gasteiger partial charge in [-0.05, 0) is 78.9 Å². The van der Waals surface area contributed by atoms with Crippen molar-refractivity contribution in [1.82, 2.24) is 0 Å². The summed E-state index contributed by atoms with van der Waals surface area (Å²) < 4.78 is 58.5. The molecule has 0 aliphatic heterocycles. The second-order valence-corrected chi connectivity index (χ2v) is 9.92. The van der Waals surface area contributed by atoms with Gasteiger partial charge in [0, 0.05) is 0 Å². The highest BCUT2D eigenvalue weighted by atomic mass is 19.3. The highest BCUT2D eigenvalue weighted by molar-refractivity contribution is 5.86. The van der Waals surface area contributed by atoms with Crippen molar-refractivity contribution in [3.63, 3.8) is 0 Å². The molecule has 2 fully saturated rings. The summed E-state index contributed by atoms with van der Waals surface area (Å²) in [5.74, 6) is 0.240. The van der Waals surface area contributed by atoms with Crippen LogP contribution in [0.2, 0.25) is 0 Å². The molecule has 2 unspecified atom stereocenters. The SMILES string of the molecule is CCCCCC[C@@H]1CC[C@@H]2CC(c3cc(F)c4c(F)c(OC(F)F)ccc4c3)CCC2C1. The van der Waals surface area contributed by atoms with Crippen molar-refractivity contribution >= 4 is 10.8 Å². The van der Waals surface area contributed by atoms with Crippen LogP contribution in [-0.2, 0) is 0 Å². The van der Waals surface area contributed by atoms with E-state index < -0.39 is 24.0 Å². The number of fused-ring (bicyclic) bond motifs is 2. The lowest BCUT2D eigenvalue weighted by atomic mass is 9.63. The molecule has 0 radical (unpaired) electrons. The second kappa shape index (κ2) is 10.4. The Morgan fingerprint density at radius 1 is 0.938 bits per heavy atom. The number of hydrogen-bond donors (Lipinski definition) is 0. The van der Waals surface area contributed by atoms with Gasteiger partial charge in [0.2, 0.25) is 0 Å². The first-order valence-electron chi connectivity index (χ1n) is 12.3. The lowest BCUT2D eigenvalue weighted by Crippen LogP contribution is -2.30. The average Bonchev–Trinajstić information content (AvgIpc) is 2.77. The summed E-state index contributed by atoms with van der Waals surface area (Å²) in [7, 11) is 0. The largest absolute Gasteiger partial charge is 0.432 e. The summed E-state index contributed by atoms with van der Waals surface area (Å²) in [4.78, 5) is 0. The molecule has 5 heteroatoms. The zero-order valence-corrected chi connectivity index (χ0v) is 18.9. The molecule has 0 amide bonds. The molecule has 32 heavy (non-hydrogen) atoms. The van der Waals surface area contributed by atoms with Gasteiger partial charge in [-0.1, -0.05) is 57.6 Å². The standard InChI is InChI=1S/C27H34F4O/c1-2-3-4-5-6-17-7-8-19-14-20(10-9-18(19)13-17)22-15-21-11-12-24(32-27(30)31)26(29)25(21)23(28)16-22/h11-12,15-20,27H,2-10,13-14H2,1H3/t17-,18?,19-,20?/m1/s1. The van der Waals surface area contributed by atoms with Gasteiger partial charge in [-0.25, -0.2) is 8.78 Å². The predicted molar refractivity (Wildman–Crippen MR) is 120 cm³/mol. The number of ether oxygens (including phenoxy) is 1. The molecule has 0 saturated heterocycles. The number of benzene rings is 2. The van der Waals surface area contributed by atoms with Gasteiger partial charge in [-0.2, -0.15) is 8.78 Å². The Labute approximate surface area is 188 Å². The van der Waals surface area contributed by atoms with Crippen LogP contribution in [0.4, 0.5) is 17.6 Å². The van der Waals surface area contributed by atoms with Crippen molar-refractivity contribution in [2.45, 2.75) is 90.1 Å². The fourth-order valence-electron chi connectivity index (χ4n) is 6.21. The minimum Gasteiger partial charge on any atom is -0.432 e. The molecule has 176 valence electrons. The van der Waals surface area contributed by atoms with Crippen molar-refractivity contribution in [3.05, 3.63) is 41.5 Å². The van der Waals surface area contributed by atoms with E-state index in [4.69, 9.17) is 0 Å². The third-order valence-corrected chi connectivity index (χ3v) is 7.87. The molecule has 2 aromatic carbocycles. The zero-order chi connectivity index (χ0) is 22.7. The van der Waals surface area contributed by atoms with Crippen LogP contribution in [0, 0.1) is 29.4 Å². The van der Waals surface area contributed by atoms with E-state index in [1.807, 2.05) is 6.07 Å². The summed E-state index contributed by atoms with van der Waals surface area (Å²) in [5.41, 5.74) is 0.900. The summed E-state index contributed by atoms with van der Waals surface area (Å²) in [6.07, 6.45) is 13.9. The van der Waals surface area contributed by atoms with Gasteiger partial charge >= 0.3 is 6.61 Å². The first kappa shape index (κ1) is 23.4. The molecule has 0 heterocycles. The lowest BCUT2D eigenvalue weighted by Gasteiger charge is -2.42. The molecule has 1 nitrogen and oxygen atoms in total. The lowest BCUT2D eigenvalue weighted by molar-refractivity contribution is -0.0520. The van der Waals surface area contributed by atoms with E-state index in [-0.39, 0.29) is 11.3 Å². The number of rotatable bonds is 8. The van der Waals surface area contributed by atoms with Crippen LogP contribution < -0.4 is 4.74 Å². The highest BCUT2D eigenvalue weighted by Crippen LogP contribution is 2.49. The van der Waals surface area contributed by atoms with Gasteiger partial charge < -0.3 is 4.74 Å². The number of halogens is 4. The van der Waals surface area contributed by atoms with Crippen molar-refractivity contribution in [2.75, 3.05) is 0 Å². The van der Waals surface area contributed by atoms with Gasteiger partial charge in [0.15, 0.2) is 11.6 Å². The van der Waals surface area contributed by atoms with Crippen molar-refractivity contribution in [3.8, 4) is 5.75 Å². The summed E-state index contributed by atoms with van der Waals surface area (Å²) >= 11 is 0. The van der Waals surface area contributed by atoms with Crippen LogP contribution in [0.5, 0.6) is 5.75 Å². The average molecular weight is 451 g/mol. The van der Waals surface area contributed by atoms with E-state index in [1.165, 1.54) is 69.9 Å². The third-order valence-electron chi connectivity index (χ3n) is 7.87. The van der Waals surface area contributed by atoms with E-state index in [9.17, 15) is 17.6 Å². The molecule has 0 N–H and O–H groups in total. The van der Waals surface area contributed by atoms with Crippen LogP contribution in [0.25, 0.3) is 10.8 Å².